The van der Waals surface area contributed by atoms with Crippen molar-refractivity contribution < 1.29 is 19.1 Å². The van der Waals surface area contributed by atoms with Crippen LogP contribution in [-0.2, 0) is 0 Å². The van der Waals surface area contributed by atoms with Gasteiger partial charge in [0.2, 0.25) is 0 Å². The van der Waals surface area contributed by atoms with E-state index in [4.69, 9.17) is 9.47 Å². The monoisotopic (exact) mass is 424 g/mol. The number of hydrogen-bond acceptors (Lipinski definition) is 5. The second-order valence-electron chi connectivity index (χ2n) is 6.89. The first-order valence-corrected chi connectivity index (χ1v) is 9.92. The van der Waals surface area contributed by atoms with Crippen LogP contribution in [0.5, 0.6) is 11.5 Å². The smallest absolute Gasteiger partial charge is 0.343 e. The second-order valence-corrected chi connectivity index (χ2v) is 6.89. The van der Waals surface area contributed by atoms with Gasteiger partial charge in [0.25, 0.3) is 5.91 Å². The molecule has 0 aliphatic carbocycles. The summed E-state index contributed by atoms with van der Waals surface area (Å²) in [7, 11) is 1.54. The first-order chi connectivity index (χ1) is 15.7. The topological polar surface area (TPSA) is 77.0 Å². The van der Waals surface area contributed by atoms with Gasteiger partial charge in [0, 0.05) is 11.1 Å². The maximum atomic E-state index is 12.6. The molecule has 6 nitrogen and oxygen atoms in total. The third-order valence-corrected chi connectivity index (χ3v) is 4.83. The number of nitrogens with zero attached hydrogens (tertiary/aromatic N) is 1. The summed E-state index contributed by atoms with van der Waals surface area (Å²) in [4.78, 5) is 25.0. The summed E-state index contributed by atoms with van der Waals surface area (Å²) >= 11 is 0. The highest BCUT2D eigenvalue weighted by atomic mass is 16.5. The van der Waals surface area contributed by atoms with Crippen molar-refractivity contribution in [2.75, 3.05) is 7.11 Å². The van der Waals surface area contributed by atoms with E-state index in [0.29, 0.717) is 28.2 Å². The molecule has 0 aliphatic heterocycles. The lowest BCUT2D eigenvalue weighted by Gasteiger charge is -2.10. The quantitative estimate of drug-likeness (QED) is 0.208. The summed E-state index contributed by atoms with van der Waals surface area (Å²) in [5.41, 5.74) is 3.94. The fraction of sp³-hybridized carbons (Fsp3) is 0.0385. The zero-order valence-corrected chi connectivity index (χ0v) is 17.3. The van der Waals surface area contributed by atoms with E-state index in [9.17, 15) is 9.59 Å². The highest BCUT2D eigenvalue weighted by Gasteiger charge is 2.13. The molecule has 0 bridgehead atoms. The molecule has 0 aromatic heterocycles. The maximum Gasteiger partial charge on any atom is 0.343 e. The van der Waals surface area contributed by atoms with Crippen LogP contribution < -0.4 is 14.9 Å². The molecule has 4 rings (SSSR count). The summed E-state index contributed by atoms with van der Waals surface area (Å²) in [6.07, 6.45) is 1.48. The van der Waals surface area contributed by atoms with Crippen molar-refractivity contribution in [3.8, 4) is 11.5 Å². The number of rotatable bonds is 6. The normalized spacial score (nSPS) is 10.8. The Labute approximate surface area is 185 Å². The summed E-state index contributed by atoms with van der Waals surface area (Å²) in [6, 6.07) is 26.8. The Morgan fingerprint density at radius 1 is 0.844 bits per heavy atom. The zero-order chi connectivity index (χ0) is 22.3. The molecule has 4 aromatic carbocycles. The van der Waals surface area contributed by atoms with E-state index in [1.54, 1.807) is 54.6 Å². The van der Waals surface area contributed by atoms with Crippen LogP contribution in [0.3, 0.4) is 0 Å². The van der Waals surface area contributed by atoms with Crippen molar-refractivity contribution in [3.63, 3.8) is 0 Å². The standard InChI is InChI=1S/C26H20N2O4/c1-31-21-12-7-11-20(16-21)25(29)28-27-17-23-22-13-6-5-8-18(22)14-15-24(23)32-26(30)19-9-3-2-4-10-19/h2-17H,1H3,(H,28,29)/b27-17-. The molecule has 0 fully saturated rings. The van der Waals surface area contributed by atoms with Gasteiger partial charge in [-0.1, -0.05) is 54.6 Å². The van der Waals surface area contributed by atoms with Gasteiger partial charge in [-0.3, -0.25) is 4.79 Å². The number of carbonyl (C=O) groups excluding carboxylic acids is 2. The first-order valence-electron chi connectivity index (χ1n) is 9.92. The number of hydrazone groups is 1. The Hall–Kier alpha value is -4.45. The minimum Gasteiger partial charge on any atom is -0.497 e. The van der Waals surface area contributed by atoms with Gasteiger partial charge in [-0.2, -0.15) is 5.10 Å². The Balaban J connectivity index is 1.62. The lowest BCUT2D eigenvalue weighted by Crippen LogP contribution is -2.17. The molecule has 0 saturated heterocycles. The van der Waals surface area contributed by atoms with E-state index >= 15 is 0 Å². The van der Waals surface area contributed by atoms with Gasteiger partial charge < -0.3 is 9.47 Å². The van der Waals surface area contributed by atoms with Crippen LogP contribution >= 0.6 is 0 Å². The molecule has 6 heteroatoms. The SMILES string of the molecule is COc1cccc(C(=O)N/N=C\c2c(OC(=O)c3ccccc3)ccc3ccccc23)c1. The number of hydrogen-bond donors (Lipinski definition) is 1. The predicted molar refractivity (Wildman–Crippen MR) is 123 cm³/mol. The number of ether oxygens (including phenoxy) is 2. The van der Waals surface area contributed by atoms with Gasteiger partial charge in [0.1, 0.15) is 11.5 Å². The molecule has 0 unspecified atom stereocenters. The van der Waals surface area contributed by atoms with Crippen LogP contribution in [0.1, 0.15) is 26.3 Å². The van der Waals surface area contributed by atoms with Gasteiger partial charge in [0.05, 0.1) is 18.9 Å². The molecular weight excluding hydrogens is 404 g/mol. The molecule has 158 valence electrons. The average molecular weight is 424 g/mol. The van der Waals surface area contributed by atoms with Crippen molar-refractivity contribution in [1.29, 1.82) is 0 Å². The van der Waals surface area contributed by atoms with Crippen LogP contribution in [0, 0.1) is 0 Å². The highest BCUT2D eigenvalue weighted by molar-refractivity contribution is 6.04. The summed E-state index contributed by atoms with van der Waals surface area (Å²) in [5, 5.41) is 5.90. The highest BCUT2D eigenvalue weighted by Crippen LogP contribution is 2.27. The van der Waals surface area contributed by atoms with Crippen molar-refractivity contribution in [2.24, 2.45) is 5.10 Å². The number of methoxy groups -OCH3 is 1. The number of carbonyl (C=O) groups is 2. The fourth-order valence-electron chi connectivity index (χ4n) is 3.22. The molecule has 32 heavy (non-hydrogen) atoms. The summed E-state index contributed by atoms with van der Waals surface area (Å²) in [5.74, 6) is 0.0573. The van der Waals surface area contributed by atoms with Crippen LogP contribution in [-0.4, -0.2) is 25.2 Å². The third kappa shape index (κ3) is 4.65. The molecular formula is C26H20N2O4. The van der Waals surface area contributed by atoms with E-state index in [1.165, 1.54) is 13.3 Å². The number of amides is 1. The van der Waals surface area contributed by atoms with Crippen LogP contribution in [0.2, 0.25) is 0 Å². The van der Waals surface area contributed by atoms with Gasteiger partial charge in [0.15, 0.2) is 0 Å². The average Bonchev–Trinajstić information content (AvgIpc) is 2.85. The van der Waals surface area contributed by atoms with E-state index in [-0.39, 0.29) is 5.91 Å². The van der Waals surface area contributed by atoms with E-state index in [2.05, 4.69) is 10.5 Å². The van der Waals surface area contributed by atoms with Crippen molar-refractivity contribution in [2.45, 2.75) is 0 Å². The van der Waals surface area contributed by atoms with Gasteiger partial charge in [-0.25, -0.2) is 10.2 Å². The van der Waals surface area contributed by atoms with Crippen LogP contribution in [0.4, 0.5) is 0 Å². The molecule has 0 saturated carbocycles. The van der Waals surface area contributed by atoms with Gasteiger partial charge >= 0.3 is 5.97 Å². The predicted octanol–water partition coefficient (Wildman–Crippen LogP) is 4.83. The zero-order valence-electron chi connectivity index (χ0n) is 17.3. The van der Waals surface area contributed by atoms with Crippen molar-refractivity contribution in [1.82, 2.24) is 5.43 Å². The summed E-state index contributed by atoms with van der Waals surface area (Å²) < 4.78 is 10.8. The number of esters is 1. The lowest BCUT2D eigenvalue weighted by atomic mass is 10.0. The minimum absolute atomic E-state index is 0.344. The number of fused-ring (bicyclic) bond motifs is 1. The molecule has 0 aliphatic rings. The first kappa shape index (κ1) is 20.8. The molecule has 1 N–H and O–H groups in total. The molecule has 0 spiro atoms. The number of nitrogens with one attached hydrogen (secondary N) is 1. The minimum atomic E-state index is -0.476. The van der Waals surface area contributed by atoms with E-state index < -0.39 is 5.97 Å². The van der Waals surface area contributed by atoms with Crippen molar-refractivity contribution in [3.05, 3.63) is 108 Å². The number of benzene rings is 4. The van der Waals surface area contributed by atoms with Gasteiger partial charge in [-0.05, 0) is 47.2 Å². The van der Waals surface area contributed by atoms with Gasteiger partial charge in [-0.15, -0.1) is 0 Å². The maximum absolute atomic E-state index is 12.6. The van der Waals surface area contributed by atoms with Crippen molar-refractivity contribution >= 4 is 28.9 Å². The lowest BCUT2D eigenvalue weighted by molar-refractivity contribution is 0.0734. The van der Waals surface area contributed by atoms with Crippen LogP contribution in [0.15, 0.2) is 96.1 Å². The fourth-order valence-corrected chi connectivity index (χ4v) is 3.22. The molecule has 0 atom stereocenters. The Bertz CT molecular complexity index is 1300. The summed E-state index contributed by atoms with van der Waals surface area (Å²) in [6.45, 7) is 0. The Kier molecular flexibility index (Phi) is 6.22. The van der Waals surface area contributed by atoms with E-state index in [0.717, 1.165) is 10.8 Å². The second kappa shape index (κ2) is 9.57. The third-order valence-electron chi connectivity index (χ3n) is 4.83. The van der Waals surface area contributed by atoms with E-state index in [1.807, 2.05) is 36.4 Å². The Morgan fingerprint density at radius 2 is 1.59 bits per heavy atom. The largest absolute Gasteiger partial charge is 0.497 e. The Morgan fingerprint density at radius 3 is 2.41 bits per heavy atom. The molecule has 0 heterocycles. The van der Waals surface area contributed by atoms with Crippen LogP contribution in [0.25, 0.3) is 10.8 Å². The molecule has 1 amide bonds. The molecule has 4 aromatic rings. The molecule has 0 radical (unpaired) electrons.